The van der Waals surface area contributed by atoms with Crippen LogP contribution in [0.2, 0.25) is 0 Å². The van der Waals surface area contributed by atoms with E-state index in [0.29, 0.717) is 11.3 Å². The van der Waals surface area contributed by atoms with Gasteiger partial charge in [0.05, 0.1) is 7.11 Å². The summed E-state index contributed by atoms with van der Waals surface area (Å²) in [5.41, 5.74) is 1.42. The average Bonchev–Trinajstić information content (AvgIpc) is 2.26. The van der Waals surface area contributed by atoms with Crippen LogP contribution in [0.4, 0.5) is 4.39 Å². The van der Waals surface area contributed by atoms with Crippen LogP contribution in [0.15, 0.2) is 24.4 Å². The Morgan fingerprint density at radius 3 is 2.53 bits per heavy atom. The first-order chi connectivity index (χ1) is 7.93. The Labute approximate surface area is 100 Å². The van der Waals surface area contributed by atoms with Crippen LogP contribution >= 0.6 is 0 Å². The van der Waals surface area contributed by atoms with Crippen molar-refractivity contribution < 1.29 is 9.13 Å². The number of nitrogens with zero attached hydrogens (tertiary/aromatic N) is 1. The molecule has 0 saturated carbocycles. The van der Waals surface area contributed by atoms with Gasteiger partial charge in [-0.15, -0.1) is 0 Å². The van der Waals surface area contributed by atoms with Crippen LogP contribution in [-0.4, -0.2) is 12.1 Å². The number of aromatic nitrogens is 1. The van der Waals surface area contributed by atoms with E-state index in [1.54, 1.807) is 6.20 Å². The summed E-state index contributed by atoms with van der Waals surface area (Å²) in [5.74, 6) is 0.180. The van der Waals surface area contributed by atoms with E-state index in [1.807, 2.05) is 12.1 Å². The van der Waals surface area contributed by atoms with Gasteiger partial charge in [-0.3, -0.25) is 4.98 Å². The molecule has 2 aromatic rings. The molecule has 0 spiro atoms. The molecule has 0 aliphatic carbocycles. The predicted molar refractivity (Wildman–Crippen MR) is 67.0 cm³/mol. The lowest BCUT2D eigenvalue weighted by Crippen LogP contribution is -2.12. The Bertz CT molecular complexity index is 558. The van der Waals surface area contributed by atoms with E-state index < -0.39 is 0 Å². The molecule has 1 heterocycles. The summed E-state index contributed by atoms with van der Waals surface area (Å²) in [7, 11) is 1.54. The fourth-order valence-corrected chi connectivity index (χ4v) is 1.96. The quantitative estimate of drug-likeness (QED) is 0.749. The van der Waals surface area contributed by atoms with Gasteiger partial charge in [-0.05, 0) is 23.1 Å². The lowest BCUT2D eigenvalue weighted by atomic mass is 9.85. The number of ether oxygens (including phenoxy) is 1. The SMILES string of the molecule is COc1cc(F)c2nccc(C(C)(C)C)c2c1. The van der Waals surface area contributed by atoms with Crippen molar-refractivity contribution in [1.82, 2.24) is 4.98 Å². The Balaban J connectivity index is 2.83. The molecule has 0 atom stereocenters. The first-order valence-electron chi connectivity index (χ1n) is 5.56. The van der Waals surface area contributed by atoms with E-state index in [9.17, 15) is 4.39 Å². The number of rotatable bonds is 1. The Hall–Kier alpha value is -1.64. The van der Waals surface area contributed by atoms with Gasteiger partial charge in [-0.25, -0.2) is 4.39 Å². The summed E-state index contributed by atoms with van der Waals surface area (Å²) in [6.07, 6.45) is 1.65. The molecule has 1 aromatic carbocycles. The Kier molecular flexibility index (Phi) is 2.77. The highest BCUT2D eigenvalue weighted by atomic mass is 19.1. The number of methoxy groups -OCH3 is 1. The zero-order valence-electron chi connectivity index (χ0n) is 10.5. The molecule has 0 aliphatic rings. The van der Waals surface area contributed by atoms with Gasteiger partial charge in [-0.2, -0.15) is 0 Å². The molecule has 2 nitrogen and oxygen atoms in total. The zero-order chi connectivity index (χ0) is 12.6. The highest BCUT2D eigenvalue weighted by Gasteiger charge is 2.19. The number of hydrogen-bond acceptors (Lipinski definition) is 2. The number of pyridine rings is 1. The van der Waals surface area contributed by atoms with Gasteiger partial charge in [0, 0.05) is 17.6 Å². The molecule has 0 fully saturated rings. The second-order valence-electron chi connectivity index (χ2n) is 5.11. The van der Waals surface area contributed by atoms with Gasteiger partial charge in [0.25, 0.3) is 0 Å². The summed E-state index contributed by atoms with van der Waals surface area (Å²) in [6, 6.07) is 5.13. The zero-order valence-corrected chi connectivity index (χ0v) is 10.5. The van der Waals surface area contributed by atoms with Crippen LogP contribution in [0, 0.1) is 5.82 Å². The maximum absolute atomic E-state index is 13.9. The Morgan fingerprint density at radius 2 is 1.94 bits per heavy atom. The predicted octanol–water partition coefficient (Wildman–Crippen LogP) is 3.68. The van der Waals surface area contributed by atoms with Crippen LogP contribution in [0.25, 0.3) is 10.9 Å². The van der Waals surface area contributed by atoms with Crippen LogP contribution in [0.5, 0.6) is 5.75 Å². The molecule has 0 saturated heterocycles. The molecule has 17 heavy (non-hydrogen) atoms. The molecular weight excluding hydrogens is 217 g/mol. The first-order valence-corrected chi connectivity index (χ1v) is 5.56. The second kappa shape index (κ2) is 3.99. The third-order valence-corrected chi connectivity index (χ3v) is 2.82. The lowest BCUT2D eigenvalue weighted by Gasteiger charge is -2.21. The van der Waals surface area contributed by atoms with Gasteiger partial charge >= 0.3 is 0 Å². The third kappa shape index (κ3) is 2.09. The fourth-order valence-electron chi connectivity index (χ4n) is 1.96. The number of fused-ring (bicyclic) bond motifs is 1. The number of hydrogen-bond donors (Lipinski definition) is 0. The van der Waals surface area contributed by atoms with E-state index in [4.69, 9.17) is 4.74 Å². The molecule has 2 rings (SSSR count). The van der Waals surface area contributed by atoms with Crippen molar-refractivity contribution in [3.8, 4) is 5.75 Å². The maximum Gasteiger partial charge on any atom is 0.153 e. The standard InChI is InChI=1S/C14H16FNO/c1-14(2,3)11-5-6-16-13-10(11)7-9(17-4)8-12(13)15/h5-8H,1-4H3. The topological polar surface area (TPSA) is 22.1 Å². The summed E-state index contributed by atoms with van der Waals surface area (Å²) in [4.78, 5) is 4.10. The summed E-state index contributed by atoms with van der Waals surface area (Å²) in [6.45, 7) is 6.29. The molecule has 0 N–H and O–H groups in total. The third-order valence-electron chi connectivity index (χ3n) is 2.82. The van der Waals surface area contributed by atoms with E-state index in [0.717, 1.165) is 10.9 Å². The number of halogens is 1. The highest BCUT2D eigenvalue weighted by molar-refractivity contribution is 5.85. The van der Waals surface area contributed by atoms with E-state index >= 15 is 0 Å². The van der Waals surface area contributed by atoms with Crippen molar-refractivity contribution in [2.24, 2.45) is 0 Å². The minimum atomic E-state index is -0.342. The minimum Gasteiger partial charge on any atom is -0.497 e. The molecule has 1 aromatic heterocycles. The monoisotopic (exact) mass is 233 g/mol. The normalized spacial score (nSPS) is 11.8. The number of benzene rings is 1. The first kappa shape index (κ1) is 11.8. The summed E-state index contributed by atoms with van der Waals surface area (Å²) >= 11 is 0. The molecule has 3 heteroatoms. The molecule has 0 aliphatic heterocycles. The molecule has 0 radical (unpaired) electrons. The van der Waals surface area contributed by atoms with Crippen LogP contribution in [0.3, 0.4) is 0 Å². The van der Waals surface area contributed by atoms with Crippen molar-refractivity contribution in [3.05, 3.63) is 35.8 Å². The van der Waals surface area contributed by atoms with Crippen LogP contribution < -0.4 is 4.74 Å². The van der Waals surface area contributed by atoms with E-state index in [1.165, 1.54) is 13.2 Å². The second-order valence-corrected chi connectivity index (χ2v) is 5.11. The molecule has 0 unspecified atom stereocenters. The summed E-state index contributed by atoms with van der Waals surface area (Å²) in [5, 5.41) is 0.817. The highest BCUT2D eigenvalue weighted by Crippen LogP contribution is 2.32. The van der Waals surface area contributed by atoms with Crippen molar-refractivity contribution >= 4 is 10.9 Å². The van der Waals surface area contributed by atoms with Crippen LogP contribution in [0.1, 0.15) is 26.3 Å². The maximum atomic E-state index is 13.9. The van der Waals surface area contributed by atoms with Gasteiger partial charge in [0.2, 0.25) is 0 Å². The molecular formula is C14H16FNO. The minimum absolute atomic E-state index is 0.0556. The van der Waals surface area contributed by atoms with Crippen LogP contribution in [-0.2, 0) is 5.41 Å². The van der Waals surface area contributed by atoms with Gasteiger partial charge < -0.3 is 4.74 Å². The van der Waals surface area contributed by atoms with Gasteiger partial charge in [0.1, 0.15) is 11.3 Å². The smallest absolute Gasteiger partial charge is 0.153 e. The van der Waals surface area contributed by atoms with Crippen molar-refractivity contribution in [1.29, 1.82) is 0 Å². The molecule has 90 valence electrons. The largest absolute Gasteiger partial charge is 0.497 e. The van der Waals surface area contributed by atoms with Crippen molar-refractivity contribution in [2.75, 3.05) is 7.11 Å². The van der Waals surface area contributed by atoms with E-state index in [2.05, 4.69) is 25.8 Å². The molecule has 0 bridgehead atoms. The average molecular weight is 233 g/mol. The van der Waals surface area contributed by atoms with E-state index in [-0.39, 0.29) is 11.2 Å². The lowest BCUT2D eigenvalue weighted by molar-refractivity contribution is 0.412. The summed E-state index contributed by atoms with van der Waals surface area (Å²) < 4.78 is 19.0. The van der Waals surface area contributed by atoms with Crippen molar-refractivity contribution in [3.63, 3.8) is 0 Å². The fraction of sp³-hybridized carbons (Fsp3) is 0.357. The Morgan fingerprint density at radius 1 is 1.24 bits per heavy atom. The molecule has 0 amide bonds. The van der Waals surface area contributed by atoms with Gasteiger partial charge in [0.15, 0.2) is 5.82 Å². The van der Waals surface area contributed by atoms with Gasteiger partial charge in [-0.1, -0.05) is 20.8 Å². The van der Waals surface area contributed by atoms with Crippen molar-refractivity contribution in [2.45, 2.75) is 26.2 Å².